The second kappa shape index (κ2) is 9.41. The number of carbonyl (C=O) groups excluding carboxylic acids is 1. The number of ether oxygens (including phenoxy) is 2. The van der Waals surface area contributed by atoms with Gasteiger partial charge in [0.2, 0.25) is 0 Å². The van der Waals surface area contributed by atoms with E-state index in [0.717, 1.165) is 5.56 Å². The smallest absolute Gasteiger partial charge is 0.408 e. The molecule has 0 saturated carbocycles. The van der Waals surface area contributed by atoms with Crippen molar-refractivity contribution in [1.82, 2.24) is 5.32 Å². The monoisotopic (exact) mass is 411 g/mol. The molecule has 3 aromatic carbocycles. The minimum Gasteiger partial charge on any atom is -0.497 e. The van der Waals surface area contributed by atoms with Gasteiger partial charge >= 0.3 is 6.09 Å². The Balaban J connectivity index is 1.84. The molecule has 3 aromatic rings. The van der Waals surface area contributed by atoms with Crippen LogP contribution < -0.4 is 15.4 Å². The Morgan fingerprint density at radius 3 is 2.14 bits per heavy atom. The number of benzene rings is 3. The van der Waals surface area contributed by atoms with Crippen LogP contribution in [0.15, 0.2) is 84.9 Å². The molecule has 0 aliphatic carbocycles. The van der Waals surface area contributed by atoms with E-state index in [0.29, 0.717) is 11.3 Å². The van der Waals surface area contributed by atoms with Crippen molar-refractivity contribution in [2.45, 2.75) is 12.4 Å². The van der Waals surface area contributed by atoms with Crippen molar-refractivity contribution < 1.29 is 23.7 Å². The lowest BCUT2D eigenvalue weighted by Gasteiger charge is -2.25. The molecule has 0 fully saturated rings. The van der Waals surface area contributed by atoms with Crippen LogP contribution >= 0.6 is 7.37 Å². The summed E-state index contributed by atoms with van der Waals surface area (Å²) in [6.07, 6.45) is -0.778. The number of hydrogen-bond acceptors (Lipinski definition) is 4. The zero-order valence-corrected chi connectivity index (χ0v) is 16.8. The SMILES string of the molecule is COc1ccc(C(NC(=O)OCc2ccccc2)P(=O)(O)c2ccccc2)cc1. The highest BCUT2D eigenvalue weighted by Crippen LogP contribution is 2.53. The molecule has 0 spiro atoms. The molecule has 0 aromatic heterocycles. The molecular weight excluding hydrogens is 389 g/mol. The summed E-state index contributed by atoms with van der Waals surface area (Å²) in [6, 6.07) is 24.1. The summed E-state index contributed by atoms with van der Waals surface area (Å²) < 4.78 is 23.7. The first-order chi connectivity index (χ1) is 14.0. The van der Waals surface area contributed by atoms with Crippen LogP contribution in [0.25, 0.3) is 0 Å². The molecule has 0 aliphatic heterocycles. The van der Waals surface area contributed by atoms with Gasteiger partial charge in [-0.3, -0.25) is 4.57 Å². The lowest BCUT2D eigenvalue weighted by Crippen LogP contribution is -2.31. The summed E-state index contributed by atoms with van der Waals surface area (Å²) in [7, 11) is -2.47. The van der Waals surface area contributed by atoms with Crippen molar-refractivity contribution in [3.05, 3.63) is 96.1 Å². The highest BCUT2D eigenvalue weighted by molar-refractivity contribution is 7.66. The Kier molecular flexibility index (Phi) is 6.70. The normalized spacial score (nSPS) is 13.7. The van der Waals surface area contributed by atoms with Gasteiger partial charge in [-0.25, -0.2) is 4.79 Å². The second-order valence-corrected chi connectivity index (χ2v) is 8.62. The second-order valence-electron chi connectivity index (χ2n) is 6.34. The maximum atomic E-state index is 13.3. The van der Waals surface area contributed by atoms with Crippen molar-refractivity contribution >= 4 is 18.8 Å². The minimum atomic E-state index is -4.00. The topological polar surface area (TPSA) is 84.9 Å². The largest absolute Gasteiger partial charge is 0.497 e. The molecule has 29 heavy (non-hydrogen) atoms. The van der Waals surface area contributed by atoms with E-state index in [4.69, 9.17) is 9.47 Å². The van der Waals surface area contributed by atoms with Crippen LogP contribution in [0.2, 0.25) is 0 Å². The van der Waals surface area contributed by atoms with Crippen LogP contribution in [0.1, 0.15) is 16.9 Å². The molecule has 2 N–H and O–H groups in total. The molecule has 2 atom stereocenters. The van der Waals surface area contributed by atoms with Gasteiger partial charge in [0.1, 0.15) is 18.1 Å². The van der Waals surface area contributed by atoms with Crippen LogP contribution in [0.3, 0.4) is 0 Å². The Morgan fingerprint density at radius 2 is 1.55 bits per heavy atom. The lowest BCUT2D eigenvalue weighted by atomic mass is 10.2. The van der Waals surface area contributed by atoms with Gasteiger partial charge in [0.15, 0.2) is 0 Å². The lowest BCUT2D eigenvalue weighted by molar-refractivity contribution is 0.138. The van der Waals surface area contributed by atoms with Gasteiger partial charge in [0.25, 0.3) is 7.37 Å². The molecule has 0 aliphatic rings. The van der Waals surface area contributed by atoms with Gasteiger partial charge in [0.05, 0.1) is 7.11 Å². The van der Waals surface area contributed by atoms with Crippen molar-refractivity contribution in [3.63, 3.8) is 0 Å². The van der Waals surface area contributed by atoms with E-state index in [-0.39, 0.29) is 11.9 Å². The fraction of sp³-hybridized carbons (Fsp3) is 0.136. The Morgan fingerprint density at radius 1 is 0.966 bits per heavy atom. The summed E-state index contributed by atoms with van der Waals surface area (Å²) >= 11 is 0. The average molecular weight is 411 g/mol. The number of carbonyl (C=O) groups is 1. The van der Waals surface area contributed by atoms with Crippen molar-refractivity contribution in [2.75, 3.05) is 7.11 Å². The Hall–Kier alpha value is -3.08. The summed E-state index contributed by atoms with van der Waals surface area (Å²) in [4.78, 5) is 23.3. The number of hydrogen-bond donors (Lipinski definition) is 2. The van der Waals surface area contributed by atoms with E-state index in [2.05, 4.69) is 5.32 Å². The first kappa shape index (κ1) is 20.6. The number of rotatable bonds is 7. The maximum Gasteiger partial charge on any atom is 0.408 e. The van der Waals surface area contributed by atoms with Crippen LogP contribution in [0, 0.1) is 0 Å². The molecular formula is C22H22NO5P. The number of methoxy groups -OCH3 is 1. The molecule has 6 nitrogen and oxygen atoms in total. The highest BCUT2D eigenvalue weighted by Gasteiger charge is 2.36. The van der Waals surface area contributed by atoms with E-state index in [1.807, 2.05) is 30.3 Å². The van der Waals surface area contributed by atoms with Gasteiger partial charge in [-0.15, -0.1) is 0 Å². The first-order valence-corrected chi connectivity index (χ1v) is 10.7. The third-order valence-corrected chi connectivity index (χ3v) is 6.54. The molecule has 0 heterocycles. The quantitative estimate of drug-likeness (QED) is 0.569. The molecule has 7 heteroatoms. The van der Waals surface area contributed by atoms with E-state index < -0.39 is 19.2 Å². The standard InChI is InChI=1S/C22H22NO5P/c1-27-19-14-12-18(13-15-19)21(29(25,26)20-10-6-3-7-11-20)23-22(24)28-16-17-8-4-2-5-9-17/h2-15,21H,16H2,1H3,(H,23,24)(H,25,26). The zero-order valence-electron chi connectivity index (χ0n) is 15.9. The Labute approximate surface area is 169 Å². The summed E-state index contributed by atoms with van der Waals surface area (Å²) in [5.41, 5.74) is 1.29. The van der Waals surface area contributed by atoms with E-state index in [9.17, 15) is 14.3 Å². The average Bonchev–Trinajstić information content (AvgIpc) is 2.77. The zero-order chi connectivity index (χ0) is 20.7. The fourth-order valence-corrected chi connectivity index (χ4v) is 4.58. The third-order valence-electron chi connectivity index (χ3n) is 4.37. The van der Waals surface area contributed by atoms with Crippen LogP contribution in [0.5, 0.6) is 5.75 Å². The third kappa shape index (κ3) is 5.25. The predicted octanol–water partition coefficient (Wildman–Crippen LogP) is 4.22. The van der Waals surface area contributed by atoms with Crippen LogP contribution in [-0.2, 0) is 15.9 Å². The van der Waals surface area contributed by atoms with Crippen LogP contribution in [-0.4, -0.2) is 18.1 Å². The molecule has 0 radical (unpaired) electrons. The van der Waals surface area contributed by atoms with E-state index in [1.54, 1.807) is 54.6 Å². The molecule has 150 valence electrons. The molecule has 1 amide bonds. The molecule has 2 unspecified atom stereocenters. The van der Waals surface area contributed by atoms with Crippen molar-refractivity contribution in [2.24, 2.45) is 0 Å². The van der Waals surface area contributed by atoms with Crippen molar-refractivity contribution in [3.8, 4) is 5.75 Å². The summed E-state index contributed by atoms with van der Waals surface area (Å²) in [5, 5.41) is 2.80. The molecule has 0 saturated heterocycles. The minimum absolute atomic E-state index is 0.0586. The summed E-state index contributed by atoms with van der Waals surface area (Å²) in [5.74, 6) is -0.564. The van der Waals surface area contributed by atoms with Gasteiger partial charge < -0.3 is 19.7 Å². The highest BCUT2D eigenvalue weighted by atomic mass is 31.2. The number of amides is 1. The van der Waals surface area contributed by atoms with Crippen LogP contribution in [0.4, 0.5) is 4.79 Å². The predicted molar refractivity (Wildman–Crippen MR) is 111 cm³/mol. The van der Waals surface area contributed by atoms with Gasteiger partial charge in [-0.05, 0) is 35.4 Å². The summed E-state index contributed by atoms with van der Waals surface area (Å²) in [6.45, 7) is 0.0586. The van der Waals surface area contributed by atoms with Gasteiger partial charge in [-0.1, -0.05) is 60.7 Å². The Bertz CT molecular complexity index is 977. The number of alkyl carbamates (subject to hydrolysis) is 1. The van der Waals surface area contributed by atoms with E-state index in [1.165, 1.54) is 7.11 Å². The van der Waals surface area contributed by atoms with Crippen molar-refractivity contribution in [1.29, 1.82) is 0 Å². The molecule has 3 rings (SSSR count). The van der Waals surface area contributed by atoms with E-state index >= 15 is 0 Å². The maximum absolute atomic E-state index is 13.3. The number of nitrogens with one attached hydrogen (secondary N) is 1. The fourth-order valence-electron chi connectivity index (χ4n) is 2.83. The molecule has 0 bridgehead atoms. The first-order valence-electron chi connectivity index (χ1n) is 9.00. The van der Waals surface area contributed by atoms with Gasteiger partial charge in [0, 0.05) is 5.30 Å². The van der Waals surface area contributed by atoms with Gasteiger partial charge in [-0.2, -0.15) is 0 Å².